The lowest BCUT2D eigenvalue weighted by atomic mass is 10.3. The van der Waals surface area contributed by atoms with Crippen LogP contribution in [-0.4, -0.2) is 27.3 Å². The lowest BCUT2D eigenvalue weighted by Crippen LogP contribution is -2.32. The van der Waals surface area contributed by atoms with E-state index >= 15 is 0 Å². The molecule has 0 saturated carbocycles. The number of benzene rings is 1. The number of esters is 1. The Morgan fingerprint density at radius 3 is 2.46 bits per heavy atom. The third kappa shape index (κ3) is 3.88. The molecule has 7 nitrogen and oxygen atoms in total. The fraction of sp³-hybridized carbons (Fsp3) is 0.211. The summed E-state index contributed by atoms with van der Waals surface area (Å²) in [5, 5.41) is 2.58. The van der Waals surface area contributed by atoms with Crippen LogP contribution in [0, 0.1) is 6.92 Å². The number of carbonyl (C=O) groups is 2. The number of halogens is 1. The summed E-state index contributed by atoms with van der Waals surface area (Å²) in [6.45, 7) is 3.16. The van der Waals surface area contributed by atoms with Crippen molar-refractivity contribution in [2.45, 2.75) is 20.0 Å². The second kappa shape index (κ2) is 8.04. The predicted octanol–water partition coefficient (Wildman–Crippen LogP) is 3.38. The lowest BCUT2D eigenvalue weighted by molar-refractivity contribution is -0.123. The van der Waals surface area contributed by atoms with Crippen molar-refractivity contribution in [1.29, 1.82) is 0 Å². The van der Waals surface area contributed by atoms with E-state index in [0.717, 1.165) is 11.3 Å². The Balaban J connectivity index is 1.79. The maximum absolute atomic E-state index is 12.8. The van der Waals surface area contributed by atoms with Crippen LogP contribution in [0.1, 0.15) is 22.3 Å². The smallest absolute Gasteiger partial charge is 0.349 e. The molecule has 1 aromatic carbocycles. The first kappa shape index (κ1) is 19.9. The average Bonchev–Trinajstić information content (AvgIpc) is 3.20. The van der Waals surface area contributed by atoms with Gasteiger partial charge in [0.05, 0.1) is 15.7 Å². The third-order valence-electron chi connectivity index (χ3n) is 4.23. The zero-order valence-corrected chi connectivity index (χ0v) is 17.0. The summed E-state index contributed by atoms with van der Waals surface area (Å²) in [5.41, 5.74) is 1.01. The van der Waals surface area contributed by atoms with Crippen LogP contribution >= 0.6 is 22.9 Å². The third-order valence-corrected chi connectivity index (χ3v) is 5.44. The Bertz CT molecular complexity index is 1080. The largest absolute Gasteiger partial charge is 0.448 e. The number of ether oxygens (including phenoxy) is 1. The van der Waals surface area contributed by atoms with Crippen LogP contribution in [0.2, 0.25) is 4.34 Å². The van der Waals surface area contributed by atoms with Crippen molar-refractivity contribution in [2.24, 2.45) is 7.05 Å². The highest BCUT2D eigenvalue weighted by Gasteiger charge is 2.24. The number of anilines is 1. The quantitative estimate of drug-likeness (QED) is 0.642. The fourth-order valence-electron chi connectivity index (χ4n) is 2.63. The molecule has 0 saturated heterocycles. The van der Waals surface area contributed by atoms with Crippen LogP contribution in [0.3, 0.4) is 0 Å². The number of hydrogen-bond acceptors (Lipinski definition) is 5. The minimum atomic E-state index is -1.09. The minimum absolute atomic E-state index is 0.137. The molecule has 2 heterocycles. The Kier molecular flexibility index (Phi) is 5.71. The van der Waals surface area contributed by atoms with Crippen LogP contribution in [0.4, 0.5) is 5.69 Å². The van der Waals surface area contributed by atoms with Crippen molar-refractivity contribution in [3.8, 4) is 5.69 Å². The van der Waals surface area contributed by atoms with Gasteiger partial charge in [0.2, 0.25) is 0 Å². The van der Waals surface area contributed by atoms with Gasteiger partial charge in [-0.05, 0) is 38.1 Å². The van der Waals surface area contributed by atoms with Gasteiger partial charge in [0, 0.05) is 7.05 Å². The van der Waals surface area contributed by atoms with Gasteiger partial charge in [0.1, 0.15) is 10.6 Å². The van der Waals surface area contributed by atoms with E-state index in [9.17, 15) is 14.4 Å². The normalized spacial score (nSPS) is 11.9. The van der Waals surface area contributed by atoms with E-state index in [1.165, 1.54) is 17.7 Å². The van der Waals surface area contributed by atoms with Crippen molar-refractivity contribution >= 4 is 40.5 Å². The first-order chi connectivity index (χ1) is 13.3. The summed E-state index contributed by atoms with van der Waals surface area (Å²) < 4.78 is 8.72. The number of nitrogens with one attached hydrogen (secondary N) is 1. The molecule has 9 heteroatoms. The van der Waals surface area contributed by atoms with Crippen LogP contribution in [0.15, 0.2) is 47.3 Å². The Labute approximate surface area is 170 Å². The fourth-order valence-corrected chi connectivity index (χ4v) is 3.56. The molecule has 0 aliphatic rings. The second-order valence-electron chi connectivity index (χ2n) is 6.08. The monoisotopic (exact) mass is 419 g/mol. The molecule has 1 unspecified atom stereocenters. The SMILES string of the molecule is Cc1c(NC(=O)C(C)OC(=O)c2ccc(Cl)s2)c(=O)n(-c2ccccc2)n1C. The van der Waals surface area contributed by atoms with Gasteiger partial charge in [-0.15, -0.1) is 11.3 Å². The van der Waals surface area contributed by atoms with Gasteiger partial charge in [-0.2, -0.15) is 0 Å². The van der Waals surface area contributed by atoms with Crippen LogP contribution < -0.4 is 10.9 Å². The first-order valence-corrected chi connectivity index (χ1v) is 9.60. The number of para-hydroxylation sites is 1. The van der Waals surface area contributed by atoms with Crippen molar-refractivity contribution < 1.29 is 14.3 Å². The van der Waals surface area contributed by atoms with Gasteiger partial charge < -0.3 is 10.1 Å². The molecule has 146 valence electrons. The van der Waals surface area contributed by atoms with Gasteiger partial charge in [-0.25, -0.2) is 9.48 Å². The predicted molar refractivity (Wildman–Crippen MR) is 109 cm³/mol. The van der Waals surface area contributed by atoms with E-state index in [1.54, 1.807) is 36.9 Å². The van der Waals surface area contributed by atoms with Gasteiger partial charge in [0.15, 0.2) is 6.10 Å². The van der Waals surface area contributed by atoms with Crippen molar-refractivity contribution in [1.82, 2.24) is 9.36 Å². The summed E-state index contributed by atoms with van der Waals surface area (Å²) in [5.74, 6) is -1.24. The number of nitrogens with zero attached hydrogens (tertiary/aromatic N) is 2. The maximum Gasteiger partial charge on any atom is 0.349 e. The molecule has 0 radical (unpaired) electrons. The van der Waals surface area contributed by atoms with Crippen molar-refractivity contribution in [3.05, 3.63) is 67.7 Å². The van der Waals surface area contributed by atoms with E-state index in [-0.39, 0.29) is 11.2 Å². The Morgan fingerprint density at radius 2 is 1.86 bits per heavy atom. The molecule has 28 heavy (non-hydrogen) atoms. The van der Waals surface area contributed by atoms with Gasteiger partial charge >= 0.3 is 5.97 Å². The zero-order chi connectivity index (χ0) is 20.4. The van der Waals surface area contributed by atoms with E-state index in [0.29, 0.717) is 20.6 Å². The van der Waals surface area contributed by atoms with Crippen LogP contribution in [0.25, 0.3) is 5.69 Å². The van der Waals surface area contributed by atoms with E-state index in [2.05, 4.69) is 5.32 Å². The standard InChI is InChI=1S/C19H18ClN3O4S/c1-11-16(18(25)23(22(11)3)13-7-5-4-6-8-13)21-17(24)12(2)27-19(26)14-9-10-15(20)28-14/h4-10,12H,1-3H3,(H,21,24). The molecule has 0 bridgehead atoms. The first-order valence-electron chi connectivity index (χ1n) is 8.40. The second-order valence-corrected chi connectivity index (χ2v) is 7.79. The number of rotatable bonds is 5. The minimum Gasteiger partial charge on any atom is -0.448 e. The van der Waals surface area contributed by atoms with E-state index in [1.807, 2.05) is 18.2 Å². The zero-order valence-electron chi connectivity index (χ0n) is 15.4. The van der Waals surface area contributed by atoms with Gasteiger partial charge in [-0.3, -0.25) is 14.3 Å². The highest BCUT2D eigenvalue weighted by atomic mass is 35.5. The lowest BCUT2D eigenvalue weighted by Gasteiger charge is -2.12. The van der Waals surface area contributed by atoms with Crippen molar-refractivity contribution in [3.63, 3.8) is 0 Å². The number of carbonyl (C=O) groups excluding carboxylic acids is 2. The number of amides is 1. The molecule has 2 aromatic heterocycles. The van der Waals surface area contributed by atoms with E-state index in [4.69, 9.17) is 16.3 Å². The molecular formula is C19H18ClN3O4S. The van der Waals surface area contributed by atoms with Gasteiger partial charge in [0.25, 0.3) is 11.5 Å². The highest BCUT2D eigenvalue weighted by Crippen LogP contribution is 2.22. The molecule has 0 spiro atoms. The molecule has 3 aromatic rings. The van der Waals surface area contributed by atoms with Gasteiger partial charge in [-0.1, -0.05) is 29.8 Å². The molecular weight excluding hydrogens is 402 g/mol. The number of hydrogen-bond donors (Lipinski definition) is 1. The molecule has 0 aliphatic carbocycles. The summed E-state index contributed by atoms with van der Waals surface area (Å²) in [6, 6.07) is 12.2. The topological polar surface area (TPSA) is 82.3 Å². The Morgan fingerprint density at radius 1 is 1.18 bits per heavy atom. The maximum atomic E-state index is 12.8. The molecule has 1 atom stereocenters. The van der Waals surface area contributed by atoms with Crippen LogP contribution in [0.5, 0.6) is 0 Å². The average molecular weight is 420 g/mol. The highest BCUT2D eigenvalue weighted by molar-refractivity contribution is 7.17. The van der Waals surface area contributed by atoms with Crippen LogP contribution in [-0.2, 0) is 16.6 Å². The van der Waals surface area contributed by atoms with E-state index < -0.39 is 18.0 Å². The number of thiophene rings is 1. The summed E-state index contributed by atoms with van der Waals surface area (Å²) in [7, 11) is 1.73. The Hall–Kier alpha value is -2.84. The van der Waals surface area contributed by atoms with Crippen molar-refractivity contribution in [2.75, 3.05) is 5.32 Å². The summed E-state index contributed by atoms with van der Waals surface area (Å²) in [6.07, 6.45) is -1.09. The molecule has 3 rings (SSSR count). The molecule has 0 fully saturated rings. The summed E-state index contributed by atoms with van der Waals surface area (Å²) in [4.78, 5) is 37.7. The molecule has 1 amide bonds. The number of aromatic nitrogens is 2. The molecule has 0 aliphatic heterocycles. The summed E-state index contributed by atoms with van der Waals surface area (Å²) >= 11 is 6.87. The molecule has 1 N–H and O–H groups in total.